The van der Waals surface area contributed by atoms with Crippen LogP contribution >= 0.6 is 0 Å². The fraction of sp³-hybridized carbons (Fsp3) is 0. The number of furan rings is 1. The molecule has 0 amide bonds. The van der Waals surface area contributed by atoms with Crippen molar-refractivity contribution in [1.29, 1.82) is 0 Å². The van der Waals surface area contributed by atoms with Crippen molar-refractivity contribution < 1.29 is 4.42 Å². The summed E-state index contributed by atoms with van der Waals surface area (Å²) in [5, 5.41) is 2.09. The molecular weight excluding hydrogens is 701 g/mol. The van der Waals surface area contributed by atoms with Crippen LogP contribution in [0, 0.1) is 6.57 Å². The molecule has 57 heavy (non-hydrogen) atoms. The summed E-state index contributed by atoms with van der Waals surface area (Å²) in [6, 6.07) is 52.8. The molecule has 10 aromatic rings. The number of hydrogen-bond acceptors (Lipinski definition) is 6. The van der Waals surface area contributed by atoms with Crippen molar-refractivity contribution in [1.82, 2.24) is 24.9 Å². The van der Waals surface area contributed by atoms with E-state index in [0.29, 0.717) is 23.2 Å². The van der Waals surface area contributed by atoms with Gasteiger partial charge < -0.3 is 4.42 Å². The standard InChI is InChI=1S/C50H30N6O/c1-51-41-23-21-35(22-24-41)50-55-48(33-9-3-2-4-10-33)54-49(56-50)34-19-17-32(18-20-34)42-13-5-15-44-45-16-6-14-43(47(45)57-46(42)44)40-28-38(36-11-7-25-52-30-36)27-39(29-40)37-12-8-26-53-31-37/h2-31H. The zero-order valence-electron chi connectivity index (χ0n) is 30.4. The highest BCUT2D eigenvalue weighted by Gasteiger charge is 2.18. The summed E-state index contributed by atoms with van der Waals surface area (Å²) in [6.07, 6.45) is 7.37. The summed E-state index contributed by atoms with van der Waals surface area (Å²) in [7, 11) is 0. The Hall–Kier alpha value is -8.08. The van der Waals surface area contributed by atoms with Crippen molar-refractivity contribution in [3.05, 3.63) is 194 Å². The van der Waals surface area contributed by atoms with E-state index in [1.165, 1.54) is 0 Å². The number of fused-ring (bicyclic) bond motifs is 3. The second-order valence-electron chi connectivity index (χ2n) is 13.7. The maximum Gasteiger partial charge on any atom is 0.187 e. The summed E-state index contributed by atoms with van der Waals surface area (Å²) in [5.41, 5.74) is 13.0. The molecule has 7 nitrogen and oxygen atoms in total. The van der Waals surface area contributed by atoms with Gasteiger partial charge in [0, 0.05) is 74.5 Å². The zero-order valence-corrected chi connectivity index (χ0v) is 30.4. The number of para-hydroxylation sites is 2. The smallest absolute Gasteiger partial charge is 0.187 e. The number of benzene rings is 6. The van der Waals surface area contributed by atoms with Gasteiger partial charge in [0.2, 0.25) is 0 Å². The largest absolute Gasteiger partial charge is 0.455 e. The molecule has 0 unspecified atom stereocenters. The van der Waals surface area contributed by atoms with Crippen LogP contribution in [-0.4, -0.2) is 24.9 Å². The number of rotatable bonds is 7. The number of aromatic nitrogens is 5. The summed E-state index contributed by atoms with van der Waals surface area (Å²) in [4.78, 5) is 27.0. The molecule has 0 saturated heterocycles. The number of nitrogens with zero attached hydrogens (tertiary/aromatic N) is 6. The topological polar surface area (TPSA) is 82.0 Å². The molecule has 0 aliphatic heterocycles. The second kappa shape index (κ2) is 14.3. The van der Waals surface area contributed by atoms with E-state index in [1.54, 1.807) is 24.5 Å². The predicted octanol–water partition coefficient (Wildman–Crippen LogP) is 12.8. The van der Waals surface area contributed by atoms with Gasteiger partial charge in [-0.25, -0.2) is 19.8 Å². The van der Waals surface area contributed by atoms with Crippen molar-refractivity contribution in [3.63, 3.8) is 0 Å². The Bertz CT molecular complexity index is 3040. The molecule has 0 aliphatic rings. The molecule has 0 saturated carbocycles. The van der Waals surface area contributed by atoms with Gasteiger partial charge in [0.1, 0.15) is 11.2 Å². The Morgan fingerprint density at radius 1 is 0.386 bits per heavy atom. The Labute approximate surface area is 328 Å². The lowest BCUT2D eigenvalue weighted by atomic mass is 9.93. The summed E-state index contributed by atoms with van der Waals surface area (Å²) in [6.45, 7) is 7.35. The monoisotopic (exact) mass is 730 g/mol. The van der Waals surface area contributed by atoms with Crippen LogP contribution in [0.15, 0.2) is 187 Å². The van der Waals surface area contributed by atoms with E-state index >= 15 is 0 Å². The van der Waals surface area contributed by atoms with Crippen LogP contribution in [0.4, 0.5) is 5.69 Å². The Balaban J connectivity index is 1.06. The van der Waals surface area contributed by atoms with E-state index < -0.39 is 0 Å². The number of hydrogen-bond donors (Lipinski definition) is 0. The van der Waals surface area contributed by atoms with Crippen molar-refractivity contribution in [2.75, 3.05) is 0 Å². The third-order valence-electron chi connectivity index (χ3n) is 10.1. The molecule has 4 heterocycles. The molecule has 6 aromatic carbocycles. The van der Waals surface area contributed by atoms with Gasteiger partial charge in [-0.1, -0.05) is 127 Å². The van der Waals surface area contributed by atoms with Crippen molar-refractivity contribution in [3.8, 4) is 78.7 Å². The zero-order chi connectivity index (χ0) is 38.1. The highest BCUT2D eigenvalue weighted by atomic mass is 16.3. The first-order chi connectivity index (χ1) is 28.2. The van der Waals surface area contributed by atoms with Gasteiger partial charge in [0.15, 0.2) is 23.2 Å². The molecular formula is C50H30N6O. The molecule has 0 radical (unpaired) electrons. The van der Waals surface area contributed by atoms with Crippen molar-refractivity contribution in [2.24, 2.45) is 0 Å². The fourth-order valence-electron chi connectivity index (χ4n) is 7.29. The normalized spacial score (nSPS) is 11.1. The van der Waals surface area contributed by atoms with Crippen LogP contribution in [-0.2, 0) is 0 Å². The van der Waals surface area contributed by atoms with E-state index in [2.05, 4.69) is 93.7 Å². The lowest BCUT2D eigenvalue weighted by molar-refractivity contribution is 0.671. The first-order valence-electron chi connectivity index (χ1n) is 18.5. The Morgan fingerprint density at radius 2 is 0.842 bits per heavy atom. The summed E-state index contributed by atoms with van der Waals surface area (Å²) in [5.74, 6) is 1.68. The highest BCUT2D eigenvalue weighted by molar-refractivity contribution is 6.13. The third kappa shape index (κ3) is 6.37. The Morgan fingerprint density at radius 3 is 1.35 bits per heavy atom. The quantitative estimate of drug-likeness (QED) is 0.152. The molecule has 7 heteroatoms. The van der Waals surface area contributed by atoms with Crippen LogP contribution in [0.25, 0.3) is 105 Å². The van der Waals surface area contributed by atoms with Crippen LogP contribution < -0.4 is 0 Å². The Kier molecular flexibility index (Phi) is 8.40. The third-order valence-corrected chi connectivity index (χ3v) is 10.1. The molecule has 10 rings (SSSR count). The molecule has 266 valence electrons. The van der Waals surface area contributed by atoms with Crippen LogP contribution in [0.5, 0.6) is 0 Å². The minimum Gasteiger partial charge on any atom is -0.455 e. The molecule has 0 bridgehead atoms. The van der Waals surface area contributed by atoms with E-state index in [0.717, 1.165) is 83.1 Å². The van der Waals surface area contributed by atoms with E-state index in [-0.39, 0.29) is 0 Å². The molecule has 0 N–H and O–H groups in total. The van der Waals surface area contributed by atoms with E-state index in [1.807, 2.05) is 79.1 Å². The van der Waals surface area contributed by atoms with Crippen LogP contribution in [0.2, 0.25) is 0 Å². The predicted molar refractivity (Wildman–Crippen MR) is 227 cm³/mol. The van der Waals surface area contributed by atoms with Crippen LogP contribution in [0.1, 0.15) is 0 Å². The average Bonchev–Trinajstić information content (AvgIpc) is 3.69. The summed E-state index contributed by atoms with van der Waals surface area (Å²) < 4.78 is 6.90. The molecule has 0 aliphatic carbocycles. The van der Waals surface area contributed by atoms with Gasteiger partial charge in [-0.3, -0.25) is 9.97 Å². The maximum atomic E-state index is 7.35. The lowest BCUT2D eigenvalue weighted by Gasteiger charge is -2.11. The molecule has 4 aromatic heterocycles. The van der Waals surface area contributed by atoms with Gasteiger partial charge >= 0.3 is 0 Å². The average molecular weight is 731 g/mol. The second-order valence-corrected chi connectivity index (χ2v) is 13.7. The minimum absolute atomic E-state index is 0.542. The molecule has 0 spiro atoms. The van der Waals surface area contributed by atoms with E-state index in [4.69, 9.17) is 25.9 Å². The van der Waals surface area contributed by atoms with Crippen molar-refractivity contribution >= 4 is 27.6 Å². The van der Waals surface area contributed by atoms with Gasteiger partial charge in [-0.2, -0.15) is 0 Å². The highest BCUT2D eigenvalue weighted by Crippen LogP contribution is 2.42. The van der Waals surface area contributed by atoms with Gasteiger partial charge in [-0.05, 0) is 52.6 Å². The van der Waals surface area contributed by atoms with Crippen molar-refractivity contribution in [2.45, 2.75) is 0 Å². The van der Waals surface area contributed by atoms with Gasteiger partial charge in [0.25, 0.3) is 0 Å². The van der Waals surface area contributed by atoms with Gasteiger partial charge in [-0.15, -0.1) is 0 Å². The first-order valence-corrected chi connectivity index (χ1v) is 18.5. The molecule has 0 atom stereocenters. The minimum atomic E-state index is 0.542. The molecule has 0 fully saturated rings. The number of pyridine rings is 2. The SMILES string of the molecule is [C-]#[N+]c1ccc(-c2nc(-c3ccccc3)nc(-c3ccc(-c4cccc5c4oc4c(-c6cc(-c7cccnc7)cc(-c7cccnc7)c6)cccc45)cc3)n2)cc1. The van der Waals surface area contributed by atoms with E-state index in [9.17, 15) is 0 Å². The van der Waals surface area contributed by atoms with Crippen LogP contribution in [0.3, 0.4) is 0 Å². The lowest BCUT2D eigenvalue weighted by Crippen LogP contribution is -2.00. The summed E-state index contributed by atoms with van der Waals surface area (Å²) >= 11 is 0. The van der Waals surface area contributed by atoms with Gasteiger partial charge in [0.05, 0.1) is 6.57 Å². The fourth-order valence-corrected chi connectivity index (χ4v) is 7.29. The first kappa shape index (κ1) is 33.5. The maximum absolute atomic E-state index is 7.35.